The van der Waals surface area contributed by atoms with E-state index in [9.17, 15) is 14.8 Å². The minimum atomic E-state index is -4.86. The first-order chi connectivity index (χ1) is 10.8. The Kier molecular flexibility index (Phi) is 4.28. The number of aliphatic hydroxyl groups excluding tert-OH is 2. The molecule has 0 aliphatic carbocycles. The molecule has 1 aromatic heterocycles. The van der Waals surface area contributed by atoms with E-state index in [0.717, 1.165) is 5.52 Å². The van der Waals surface area contributed by atoms with E-state index < -0.39 is 38.8 Å². The van der Waals surface area contributed by atoms with Crippen LogP contribution in [0.4, 0.5) is 0 Å². The van der Waals surface area contributed by atoms with Gasteiger partial charge in [-0.1, -0.05) is 12.1 Å². The number of hydrogen-bond donors (Lipinski definition) is 4. The SMILES string of the molecule is Cn1c([C@@H]2O[C@H](CO)[C@@H](O)[C@H]2OP(=O)(O)O)nc2ccccc21. The van der Waals surface area contributed by atoms with Crippen molar-refractivity contribution < 1.29 is 33.8 Å². The Labute approximate surface area is 131 Å². The summed E-state index contributed by atoms with van der Waals surface area (Å²) < 4.78 is 23.1. The Balaban J connectivity index is 2.03. The fraction of sp³-hybridized carbons (Fsp3) is 0.462. The minimum absolute atomic E-state index is 0.347. The van der Waals surface area contributed by atoms with E-state index in [1.807, 2.05) is 18.2 Å². The van der Waals surface area contributed by atoms with Crippen LogP contribution in [0, 0.1) is 0 Å². The summed E-state index contributed by atoms with van der Waals surface area (Å²) in [7, 11) is -3.13. The molecular formula is C13H17N2O7P. The second kappa shape index (κ2) is 5.95. The summed E-state index contributed by atoms with van der Waals surface area (Å²) in [6.45, 7) is -0.511. The summed E-state index contributed by atoms with van der Waals surface area (Å²) in [5, 5.41) is 19.4. The molecule has 4 atom stereocenters. The van der Waals surface area contributed by atoms with E-state index in [0.29, 0.717) is 11.3 Å². The quantitative estimate of drug-likeness (QED) is 0.562. The highest BCUT2D eigenvalue weighted by Crippen LogP contribution is 2.46. The average molecular weight is 344 g/mol. The summed E-state index contributed by atoms with van der Waals surface area (Å²) >= 11 is 0. The molecule has 23 heavy (non-hydrogen) atoms. The highest BCUT2D eigenvalue weighted by atomic mass is 31.2. The summed E-state index contributed by atoms with van der Waals surface area (Å²) in [5.74, 6) is 0.347. The zero-order valence-corrected chi connectivity index (χ0v) is 13.1. The van der Waals surface area contributed by atoms with Crippen LogP contribution in [0.1, 0.15) is 11.9 Å². The lowest BCUT2D eigenvalue weighted by Gasteiger charge is -2.20. The number of fused-ring (bicyclic) bond motifs is 1. The number of rotatable bonds is 4. The number of benzene rings is 1. The first kappa shape index (κ1) is 16.5. The van der Waals surface area contributed by atoms with Crippen LogP contribution in [-0.4, -0.2) is 54.5 Å². The Morgan fingerprint density at radius 2 is 2.09 bits per heavy atom. The largest absolute Gasteiger partial charge is 0.470 e. The van der Waals surface area contributed by atoms with Gasteiger partial charge in [-0.25, -0.2) is 9.55 Å². The van der Waals surface area contributed by atoms with E-state index in [4.69, 9.17) is 14.5 Å². The lowest BCUT2D eigenvalue weighted by Crippen LogP contribution is -2.34. The molecule has 2 aromatic rings. The van der Waals surface area contributed by atoms with Gasteiger partial charge in [-0.3, -0.25) is 4.52 Å². The molecule has 3 rings (SSSR count). The molecule has 126 valence electrons. The molecule has 0 bridgehead atoms. The molecule has 1 aromatic carbocycles. The van der Waals surface area contributed by atoms with Crippen molar-refractivity contribution in [1.82, 2.24) is 9.55 Å². The highest BCUT2D eigenvalue weighted by Gasteiger charge is 2.49. The number of hydrogen-bond acceptors (Lipinski definition) is 6. The molecule has 0 amide bonds. The van der Waals surface area contributed by atoms with Crippen molar-refractivity contribution in [3.63, 3.8) is 0 Å². The van der Waals surface area contributed by atoms with Crippen molar-refractivity contribution >= 4 is 18.9 Å². The van der Waals surface area contributed by atoms with Crippen molar-refractivity contribution in [3.05, 3.63) is 30.1 Å². The third kappa shape index (κ3) is 3.05. The van der Waals surface area contributed by atoms with Crippen LogP contribution >= 0.6 is 7.82 Å². The third-order valence-electron chi connectivity index (χ3n) is 3.85. The predicted molar refractivity (Wildman–Crippen MR) is 78.3 cm³/mol. The van der Waals surface area contributed by atoms with E-state index in [2.05, 4.69) is 9.51 Å². The Bertz CT molecular complexity index is 758. The van der Waals surface area contributed by atoms with Gasteiger partial charge in [-0.05, 0) is 12.1 Å². The number of ether oxygens (including phenoxy) is 1. The number of phosphoric acid groups is 1. The van der Waals surface area contributed by atoms with Gasteiger partial charge in [-0.15, -0.1) is 0 Å². The molecule has 0 unspecified atom stereocenters. The maximum atomic E-state index is 11.2. The fourth-order valence-electron chi connectivity index (χ4n) is 2.79. The smallest absolute Gasteiger partial charge is 0.394 e. The van der Waals surface area contributed by atoms with Crippen LogP contribution in [0.25, 0.3) is 11.0 Å². The second-order valence-electron chi connectivity index (χ2n) is 5.35. The van der Waals surface area contributed by atoms with Crippen LogP contribution in [0.15, 0.2) is 24.3 Å². The number of aryl methyl sites for hydroxylation is 1. The van der Waals surface area contributed by atoms with Gasteiger partial charge in [0.25, 0.3) is 0 Å². The molecule has 1 aliphatic heterocycles. The number of phosphoric ester groups is 1. The van der Waals surface area contributed by atoms with Crippen LogP contribution < -0.4 is 0 Å². The summed E-state index contributed by atoms with van der Waals surface area (Å²) in [4.78, 5) is 22.5. The molecule has 4 N–H and O–H groups in total. The van der Waals surface area contributed by atoms with Crippen LogP contribution in [0.2, 0.25) is 0 Å². The number of aromatic nitrogens is 2. The number of para-hydroxylation sites is 2. The molecule has 1 fully saturated rings. The molecule has 0 radical (unpaired) electrons. The second-order valence-corrected chi connectivity index (χ2v) is 6.54. The zero-order valence-electron chi connectivity index (χ0n) is 12.2. The van der Waals surface area contributed by atoms with Crippen molar-refractivity contribution in [2.24, 2.45) is 7.05 Å². The first-order valence-corrected chi connectivity index (χ1v) is 8.44. The van der Waals surface area contributed by atoms with Crippen LogP contribution in [0.5, 0.6) is 0 Å². The van der Waals surface area contributed by atoms with Gasteiger partial charge in [0.15, 0.2) is 0 Å². The fourth-order valence-corrected chi connectivity index (χ4v) is 3.34. The molecule has 2 heterocycles. The predicted octanol–water partition coefficient (Wildman–Crippen LogP) is -0.156. The Hall–Kier alpha value is -1.32. The van der Waals surface area contributed by atoms with Gasteiger partial charge in [0.1, 0.15) is 30.2 Å². The lowest BCUT2D eigenvalue weighted by atomic mass is 10.1. The Morgan fingerprint density at radius 1 is 1.39 bits per heavy atom. The average Bonchev–Trinajstić information content (AvgIpc) is 2.97. The normalized spacial score (nSPS) is 28.6. The van der Waals surface area contributed by atoms with Crippen molar-refractivity contribution in [1.29, 1.82) is 0 Å². The van der Waals surface area contributed by atoms with E-state index >= 15 is 0 Å². The maximum Gasteiger partial charge on any atom is 0.470 e. The highest BCUT2D eigenvalue weighted by molar-refractivity contribution is 7.46. The van der Waals surface area contributed by atoms with E-state index in [1.165, 1.54) is 0 Å². The van der Waals surface area contributed by atoms with Gasteiger partial charge in [0.2, 0.25) is 0 Å². The summed E-state index contributed by atoms with van der Waals surface area (Å²) in [5.41, 5.74) is 1.47. The molecule has 0 spiro atoms. The van der Waals surface area contributed by atoms with E-state index in [-0.39, 0.29) is 0 Å². The summed E-state index contributed by atoms with van der Waals surface area (Å²) in [6.07, 6.45) is -4.77. The van der Waals surface area contributed by atoms with Gasteiger partial charge >= 0.3 is 7.82 Å². The third-order valence-corrected chi connectivity index (χ3v) is 4.37. The van der Waals surface area contributed by atoms with Gasteiger partial charge in [-0.2, -0.15) is 0 Å². The van der Waals surface area contributed by atoms with E-state index in [1.54, 1.807) is 17.7 Å². The van der Waals surface area contributed by atoms with Gasteiger partial charge < -0.3 is 29.3 Å². The summed E-state index contributed by atoms with van der Waals surface area (Å²) in [6, 6.07) is 7.26. The van der Waals surface area contributed by atoms with Crippen LogP contribution in [0.3, 0.4) is 0 Å². The minimum Gasteiger partial charge on any atom is -0.394 e. The topological polar surface area (TPSA) is 134 Å². The number of aliphatic hydroxyl groups is 2. The number of imidazole rings is 1. The van der Waals surface area contributed by atoms with Gasteiger partial charge in [0, 0.05) is 7.05 Å². The molecule has 0 saturated carbocycles. The molecule has 9 nitrogen and oxygen atoms in total. The van der Waals surface area contributed by atoms with Crippen molar-refractivity contribution in [2.45, 2.75) is 24.4 Å². The molecule has 1 aliphatic rings. The molecular weight excluding hydrogens is 327 g/mol. The van der Waals surface area contributed by atoms with Gasteiger partial charge in [0.05, 0.1) is 17.6 Å². The van der Waals surface area contributed by atoms with Crippen LogP contribution in [-0.2, 0) is 20.9 Å². The number of nitrogens with zero attached hydrogens (tertiary/aromatic N) is 2. The zero-order chi connectivity index (χ0) is 16.8. The molecule has 1 saturated heterocycles. The monoisotopic (exact) mass is 344 g/mol. The first-order valence-electron chi connectivity index (χ1n) is 6.91. The van der Waals surface area contributed by atoms with Crippen molar-refractivity contribution in [2.75, 3.05) is 6.61 Å². The standard InChI is InChI=1S/C13H17N2O7P/c1-15-8-5-3-2-4-7(8)14-13(15)12-11(22-23(18,19)20)10(17)9(6-16)21-12/h2-5,9-12,16-17H,6H2,1H3,(H2,18,19,20)/t9-,10-,11-,12-/m1/s1. The lowest BCUT2D eigenvalue weighted by molar-refractivity contribution is -0.0258. The van der Waals surface area contributed by atoms with Crippen molar-refractivity contribution in [3.8, 4) is 0 Å². The maximum absolute atomic E-state index is 11.2. The molecule has 10 heteroatoms. The Morgan fingerprint density at radius 3 is 2.70 bits per heavy atom.